The van der Waals surface area contributed by atoms with Crippen LogP contribution in [0.15, 0.2) is 42.7 Å². The van der Waals surface area contributed by atoms with Gasteiger partial charge in [0.25, 0.3) is 0 Å². The summed E-state index contributed by atoms with van der Waals surface area (Å²) in [5.74, 6) is 0.550. The normalized spacial score (nSPS) is 19.9. The third-order valence-electron chi connectivity index (χ3n) is 4.00. The first-order chi connectivity index (χ1) is 9.81. The van der Waals surface area contributed by atoms with Crippen LogP contribution in [0.5, 0.6) is 0 Å². The molecule has 0 aliphatic carbocycles. The first kappa shape index (κ1) is 13.3. The van der Waals surface area contributed by atoms with Gasteiger partial charge < -0.3 is 0 Å². The molecule has 1 aliphatic rings. The molecule has 1 saturated heterocycles. The second-order valence-corrected chi connectivity index (χ2v) is 5.64. The van der Waals surface area contributed by atoms with E-state index in [9.17, 15) is 0 Å². The minimum Gasteiger partial charge on any atom is -0.298 e. The molecule has 20 heavy (non-hydrogen) atoms. The van der Waals surface area contributed by atoms with Crippen LogP contribution in [0.2, 0.25) is 0 Å². The summed E-state index contributed by atoms with van der Waals surface area (Å²) in [7, 11) is 0. The van der Waals surface area contributed by atoms with Crippen LogP contribution in [0.25, 0.3) is 0 Å². The summed E-state index contributed by atoms with van der Waals surface area (Å²) in [6, 6.07) is 12.9. The molecule has 2 heterocycles. The van der Waals surface area contributed by atoms with Crippen LogP contribution in [-0.2, 0) is 6.54 Å². The lowest BCUT2D eigenvalue weighted by molar-refractivity contribution is 0.198. The van der Waals surface area contributed by atoms with Crippen molar-refractivity contribution >= 4 is 0 Å². The zero-order chi connectivity index (χ0) is 13.8. The molecule has 0 bridgehead atoms. The molecule has 1 fully saturated rings. The van der Waals surface area contributed by atoms with Crippen LogP contribution in [0.3, 0.4) is 0 Å². The number of aromatic nitrogens is 2. The van der Waals surface area contributed by atoms with E-state index in [0.29, 0.717) is 5.92 Å². The van der Waals surface area contributed by atoms with E-state index in [-0.39, 0.29) is 0 Å². The minimum absolute atomic E-state index is 0.550. The van der Waals surface area contributed by atoms with Gasteiger partial charge in [0, 0.05) is 30.4 Å². The number of likely N-dealkylation sites (tertiary alicyclic amines) is 1. The summed E-state index contributed by atoms with van der Waals surface area (Å²) in [4.78, 5) is 11.2. The number of hydrogen-bond acceptors (Lipinski definition) is 3. The van der Waals surface area contributed by atoms with Gasteiger partial charge in [-0.05, 0) is 37.9 Å². The van der Waals surface area contributed by atoms with Crippen molar-refractivity contribution in [3.05, 3.63) is 59.7 Å². The molecule has 3 rings (SSSR count). The highest BCUT2D eigenvalue weighted by molar-refractivity contribution is 5.16. The number of nitrogens with zero attached hydrogens (tertiary/aromatic N) is 3. The molecular weight excluding hydrogens is 246 g/mol. The Bertz CT molecular complexity index is 553. The van der Waals surface area contributed by atoms with Crippen molar-refractivity contribution in [2.75, 3.05) is 13.1 Å². The highest BCUT2D eigenvalue weighted by atomic mass is 15.1. The monoisotopic (exact) mass is 267 g/mol. The highest BCUT2D eigenvalue weighted by Crippen LogP contribution is 2.26. The fourth-order valence-corrected chi connectivity index (χ4v) is 2.98. The van der Waals surface area contributed by atoms with Crippen LogP contribution in [-0.4, -0.2) is 28.0 Å². The van der Waals surface area contributed by atoms with E-state index in [0.717, 1.165) is 18.8 Å². The van der Waals surface area contributed by atoms with Crippen molar-refractivity contribution in [1.29, 1.82) is 0 Å². The molecule has 1 aromatic carbocycles. The van der Waals surface area contributed by atoms with Crippen molar-refractivity contribution in [2.45, 2.75) is 32.2 Å². The average Bonchev–Trinajstić information content (AvgIpc) is 2.49. The quantitative estimate of drug-likeness (QED) is 0.855. The van der Waals surface area contributed by atoms with E-state index >= 15 is 0 Å². The van der Waals surface area contributed by atoms with Gasteiger partial charge in [-0.1, -0.05) is 30.3 Å². The van der Waals surface area contributed by atoms with Gasteiger partial charge in [0.15, 0.2) is 0 Å². The van der Waals surface area contributed by atoms with Crippen molar-refractivity contribution in [2.24, 2.45) is 0 Å². The molecule has 3 heteroatoms. The Kier molecular flexibility index (Phi) is 4.07. The van der Waals surface area contributed by atoms with Gasteiger partial charge in [0.05, 0.1) is 0 Å². The first-order valence-corrected chi connectivity index (χ1v) is 7.36. The van der Waals surface area contributed by atoms with E-state index in [1.165, 1.54) is 30.6 Å². The van der Waals surface area contributed by atoms with Gasteiger partial charge in [0.2, 0.25) is 0 Å². The Balaban J connectivity index is 1.67. The molecule has 2 aromatic rings. The Labute approximate surface area is 120 Å². The molecule has 0 N–H and O–H groups in total. The highest BCUT2D eigenvalue weighted by Gasteiger charge is 2.22. The molecule has 1 aliphatic heterocycles. The SMILES string of the molecule is Cc1cc(C2CCCN(Cc3ccccc3)C2)ncn1. The van der Waals surface area contributed by atoms with Gasteiger partial charge in [-0.2, -0.15) is 0 Å². The molecule has 0 saturated carbocycles. The van der Waals surface area contributed by atoms with Crippen molar-refractivity contribution in [1.82, 2.24) is 14.9 Å². The van der Waals surface area contributed by atoms with Gasteiger partial charge in [-0.25, -0.2) is 9.97 Å². The van der Waals surface area contributed by atoms with E-state index in [4.69, 9.17) is 0 Å². The molecular formula is C17H21N3. The third kappa shape index (κ3) is 3.23. The third-order valence-corrected chi connectivity index (χ3v) is 4.00. The second-order valence-electron chi connectivity index (χ2n) is 5.64. The molecule has 0 amide bonds. The van der Waals surface area contributed by atoms with E-state index in [1.807, 2.05) is 6.92 Å². The maximum absolute atomic E-state index is 4.47. The van der Waals surface area contributed by atoms with E-state index < -0.39 is 0 Å². The molecule has 0 radical (unpaired) electrons. The van der Waals surface area contributed by atoms with Gasteiger partial charge >= 0.3 is 0 Å². The first-order valence-electron chi connectivity index (χ1n) is 7.36. The maximum Gasteiger partial charge on any atom is 0.115 e. The zero-order valence-electron chi connectivity index (χ0n) is 12.0. The van der Waals surface area contributed by atoms with Gasteiger partial charge in [0.1, 0.15) is 6.33 Å². The van der Waals surface area contributed by atoms with Crippen LogP contribution in [0.4, 0.5) is 0 Å². The predicted octanol–water partition coefficient (Wildman–Crippen LogP) is 3.16. The molecule has 1 unspecified atom stereocenters. The lowest BCUT2D eigenvalue weighted by Gasteiger charge is -2.32. The Morgan fingerprint density at radius 3 is 2.85 bits per heavy atom. The van der Waals surface area contributed by atoms with Crippen molar-refractivity contribution in [3.63, 3.8) is 0 Å². The predicted molar refractivity (Wildman–Crippen MR) is 80.5 cm³/mol. The van der Waals surface area contributed by atoms with Crippen LogP contribution < -0.4 is 0 Å². The molecule has 104 valence electrons. The van der Waals surface area contributed by atoms with E-state index in [1.54, 1.807) is 6.33 Å². The lowest BCUT2D eigenvalue weighted by Crippen LogP contribution is -2.34. The number of benzene rings is 1. The summed E-state index contributed by atoms with van der Waals surface area (Å²) in [5.41, 5.74) is 3.66. The van der Waals surface area contributed by atoms with Gasteiger partial charge in [-0.3, -0.25) is 4.90 Å². The summed E-state index contributed by atoms with van der Waals surface area (Å²) < 4.78 is 0. The number of rotatable bonds is 3. The van der Waals surface area contributed by atoms with Crippen LogP contribution in [0.1, 0.15) is 35.7 Å². The van der Waals surface area contributed by atoms with E-state index in [2.05, 4.69) is 51.3 Å². The molecule has 0 spiro atoms. The Hall–Kier alpha value is -1.74. The van der Waals surface area contributed by atoms with Gasteiger partial charge in [-0.15, -0.1) is 0 Å². The molecule has 3 nitrogen and oxygen atoms in total. The molecule has 1 aromatic heterocycles. The summed E-state index contributed by atoms with van der Waals surface area (Å²) in [6.45, 7) is 5.37. The van der Waals surface area contributed by atoms with Crippen molar-refractivity contribution < 1.29 is 0 Å². The number of piperidine rings is 1. The average molecular weight is 267 g/mol. The minimum atomic E-state index is 0.550. The standard InChI is InChI=1S/C17H21N3/c1-14-10-17(19-13-18-14)16-8-5-9-20(12-16)11-15-6-3-2-4-7-15/h2-4,6-7,10,13,16H,5,8-9,11-12H2,1H3. The van der Waals surface area contributed by atoms with Crippen LogP contribution >= 0.6 is 0 Å². The summed E-state index contributed by atoms with van der Waals surface area (Å²) in [5, 5.41) is 0. The Morgan fingerprint density at radius 1 is 1.20 bits per heavy atom. The van der Waals surface area contributed by atoms with Crippen molar-refractivity contribution in [3.8, 4) is 0 Å². The number of hydrogen-bond donors (Lipinski definition) is 0. The number of aryl methyl sites for hydroxylation is 1. The van der Waals surface area contributed by atoms with Crippen LogP contribution in [0, 0.1) is 6.92 Å². The largest absolute Gasteiger partial charge is 0.298 e. The maximum atomic E-state index is 4.47. The smallest absolute Gasteiger partial charge is 0.115 e. The topological polar surface area (TPSA) is 29.0 Å². The Morgan fingerprint density at radius 2 is 2.05 bits per heavy atom. The summed E-state index contributed by atoms with van der Waals surface area (Å²) >= 11 is 0. The fourth-order valence-electron chi connectivity index (χ4n) is 2.98. The molecule has 1 atom stereocenters. The zero-order valence-corrected chi connectivity index (χ0v) is 12.0. The second kappa shape index (κ2) is 6.14. The summed E-state index contributed by atoms with van der Waals surface area (Å²) in [6.07, 6.45) is 4.18. The lowest BCUT2D eigenvalue weighted by atomic mass is 9.94. The fraction of sp³-hybridized carbons (Fsp3) is 0.412.